The maximum atomic E-state index is 12.4. The Hall–Kier alpha value is -1.60. The van der Waals surface area contributed by atoms with E-state index in [2.05, 4.69) is 22.2 Å². The average molecular weight is 337 g/mol. The van der Waals surface area contributed by atoms with E-state index < -0.39 is 10.0 Å². The topological polar surface area (TPSA) is 78.5 Å². The van der Waals surface area contributed by atoms with Crippen molar-refractivity contribution in [3.63, 3.8) is 0 Å². The number of carbonyl (C=O) groups excluding carboxylic acids is 1. The largest absolute Gasteiger partial charge is 0.323 e. The lowest BCUT2D eigenvalue weighted by Gasteiger charge is -2.32. The minimum absolute atomic E-state index is 0.164. The summed E-state index contributed by atoms with van der Waals surface area (Å²) in [6, 6.07) is 5.71. The summed E-state index contributed by atoms with van der Waals surface area (Å²) in [5.74, 6) is 0. The van der Waals surface area contributed by atoms with Gasteiger partial charge in [0.1, 0.15) is 0 Å². The number of rotatable bonds is 3. The molecule has 0 aromatic heterocycles. The van der Waals surface area contributed by atoms with E-state index in [9.17, 15) is 13.2 Å². The summed E-state index contributed by atoms with van der Waals surface area (Å²) in [4.78, 5) is 14.1. The first kappa shape index (κ1) is 16.3. The highest BCUT2D eigenvalue weighted by Gasteiger charge is 2.25. The quantitative estimate of drug-likeness (QED) is 0.881. The van der Waals surface area contributed by atoms with Gasteiger partial charge in [-0.05, 0) is 55.4 Å². The summed E-state index contributed by atoms with van der Waals surface area (Å²) >= 11 is 0. The zero-order chi connectivity index (χ0) is 16.4. The number of aryl methyl sites for hydroxylation is 2. The van der Waals surface area contributed by atoms with Crippen LogP contribution in [0.3, 0.4) is 0 Å². The van der Waals surface area contributed by atoms with Gasteiger partial charge in [0.25, 0.3) is 0 Å². The van der Waals surface area contributed by atoms with E-state index in [0.717, 1.165) is 37.6 Å². The number of carbonyl (C=O) groups is 1. The standard InChI is InChI=1S/C16H23N3O3S/c1-23(21,22)18-15-6-3-9-19(11-15)16(20)17-14-8-7-12-4-2-5-13(12)10-14/h7-8,10,15,18H,2-6,9,11H2,1H3,(H,17,20)/t15-/m1/s1. The molecular formula is C16H23N3O3S. The molecule has 7 heteroatoms. The molecule has 0 spiro atoms. The molecule has 0 radical (unpaired) electrons. The Morgan fingerprint density at radius 1 is 1.22 bits per heavy atom. The van der Waals surface area contributed by atoms with Gasteiger partial charge in [0, 0.05) is 24.8 Å². The molecule has 3 rings (SSSR count). The summed E-state index contributed by atoms with van der Waals surface area (Å²) in [6.07, 6.45) is 6.08. The number of fused-ring (bicyclic) bond motifs is 1. The summed E-state index contributed by atoms with van der Waals surface area (Å²) < 4.78 is 25.3. The number of benzene rings is 1. The molecule has 0 bridgehead atoms. The molecule has 2 aliphatic rings. The van der Waals surface area contributed by atoms with Crippen LogP contribution in [-0.4, -0.2) is 44.7 Å². The van der Waals surface area contributed by atoms with Gasteiger partial charge >= 0.3 is 6.03 Å². The van der Waals surface area contributed by atoms with Crippen LogP contribution in [-0.2, 0) is 22.9 Å². The number of nitrogens with zero attached hydrogens (tertiary/aromatic N) is 1. The van der Waals surface area contributed by atoms with Gasteiger partial charge in [0.05, 0.1) is 6.26 Å². The predicted octanol–water partition coefficient (Wildman–Crippen LogP) is 1.72. The Bertz CT molecular complexity index is 703. The molecule has 6 nitrogen and oxygen atoms in total. The lowest BCUT2D eigenvalue weighted by Crippen LogP contribution is -2.50. The third-order valence-corrected chi connectivity index (χ3v) is 5.20. The smallest absolute Gasteiger partial charge is 0.321 e. The maximum absolute atomic E-state index is 12.4. The second-order valence-electron chi connectivity index (χ2n) is 6.44. The maximum Gasteiger partial charge on any atom is 0.321 e. The Kier molecular flexibility index (Phi) is 4.59. The predicted molar refractivity (Wildman–Crippen MR) is 90.1 cm³/mol. The van der Waals surface area contributed by atoms with Crippen LogP contribution in [0.4, 0.5) is 10.5 Å². The summed E-state index contributed by atoms with van der Waals surface area (Å²) in [6.45, 7) is 1.06. The number of hydrogen-bond donors (Lipinski definition) is 2. The first-order chi connectivity index (χ1) is 10.9. The summed E-state index contributed by atoms with van der Waals surface area (Å²) in [5, 5.41) is 2.93. The molecule has 1 saturated heterocycles. The monoisotopic (exact) mass is 337 g/mol. The molecule has 1 heterocycles. The van der Waals surface area contributed by atoms with Crippen molar-refractivity contribution in [2.75, 3.05) is 24.7 Å². The SMILES string of the molecule is CS(=O)(=O)N[C@@H]1CCCN(C(=O)Nc2ccc3c(c2)CCC3)C1. The summed E-state index contributed by atoms with van der Waals surface area (Å²) in [5.41, 5.74) is 3.50. The van der Waals surface area contributed by atoms with Crippen molar-refractivity contribution in [1.29, 1.82) is 0 Å². The van der Waals surface area contributed by atoms with E-state index in [-0.39, 0.29) is 12.1 Å². The van der Waals surface area contributed by atoms with E-state index in [1.165, 1.54) is 17.5 Å². The van der Waals surface area contributed by atoms with Crippen LogP contribution >= 0.6 is 0 Å². The van der Waals surface area contributed by atoms with Crippen LogP contribution in [0.1, 0.15) is 30.4 Å². The third kappa shape index (κ3) is 4.23. The number of piperidine rings is 1. The Morgan fingerprint density at radius 3 is 2.78 bits per heavy atom. The highest BCUT2D eigenvalue weighted by molar-refractivity contribution is 7.88. The first-order valence-corrected chi connectivity index (χ1v) is 9.95. The minimum Gasteiger partial charge on any atom is -0.323 e. The van der Waals surface area contributed by atoms with Gasteiger partial charge in [-0.3, -0.25) is 0 Å². The molecule has 23 heavy (non-hydrogen) atoms. The van der Waals surface area contributed by atoms with Gasteiger partial charge < -0.3 is 10.2 Å². The van der Waals surface area contributed by atoms with Crippen molar-refractivity contribution < 1.29 is 13.2 Å². The number of urea groups is 1. The van der Waals surface area contributed by atoms with E-state index in [4.69, 9.17) is 0 Å². The van der Waals surface area contributed by atoms with Gasteiger partial charge in [0.2, 0.25) is 10.0 Å². The highest BCUT2D eigenvalue weighted by Crippen LogP contribution is 2.25. The van der Waals surface area contributed by atoms with E-state index in [0.29, 0.717) is 13.1 Å². The number of likely N-dealkylation sites (tertiary alicyclic amines) is 1. The fourth-order valence-electron chi connectivity index (χ4n) is 3.41. The van der Waals surface area contributed by atoms with Gasteiger partial charge in [-0.1, -0.05) is 6.07 Å². The Morgan fingerprint density at radius 2 is 2.00 bits per heavy atom. The van der Waals surface area contributed by atoms with E-state index >= 15 is 0 Å². The van der Waals surface area contributed by atoms with Crippen molar-refractivity contribution in [1.82, 2.24) is 9.62 Å². The number of nitrogens with one attached hydrogen (secondary N) is 2. The van der Waals surface area contributed by atoms with Gasteiger partial charge in [-0.25, -0.2) is 17.9 Å². The zero-order valence-electron chi connectivity index (χ0n) is 13.3. The number of hydrogen-bond acceptors (Lipinski definition) is 3. The Balaban J connectivity index is 1.61. The van der Waals surface area contributed by atoms with Crippen LogP contribution in [0.25, 0.3) is 0 Å². The molecule has 2 amide bonds. The van der Waals surface area contributed by atoms with Crippen molar-refractivity contribution in [2.24, 2.45) is 0 Å². The second kappa shape index (κ2) is 6.49. The van der Waals surface area contributed by atoms with Crippen LogP contribution in [0.5, 0.6) is 0 Å². The summed E-state index contributed by atoms with van der Waals surface area (Å²) in [7, 11) is -3.25. The molecular weight excluding hydrogens is 314 g/mol. The lowest BCUT2D eigenvalue weighted by atomic mass is 10.1. The van der Waals surface area contributed by atoms with Gasteiger partial charge in [0.15, 0.2) is 0 Å². The molecule has 1 aromatic rings. The molecule has 1 aliphatic carbocycles. The first-order valence-electron chi connectivity index (χ1n) is 8.06. The van der Waals surface area contributed by atoms with E-state index in [1.807, 2.05) is 6.07 Å². The second-order valence-corrected chi connectivity index (χ2v) is 8.22. The molecule has 0 saturated carbocycles. The molecule has 1 aliphatic heterocycles. The van der Waals surface area contributed by atoms with E-state index in [1.54, 1.807) is 4.90 Å². The zero-order valence-corrected chi connectivity index (χ0v) is 14.2. The number of anilines is 1. The highest BCUT2D eigenvalue weighted by atomic mass is 32.2. The molecule has 1 fully saturated rings. The number of amides is 2. The lowest BCUT2D eigenvalue weighted by molar-refractivity contribution is 0.190. The fraction of sp³-hybridized carbons (Fsp3) is 0.562. The fourth-order valence-corrected chi connectivity index (χ4v) is 4.21. The van der Waals surface area contributed by atoms with Crippen LogP contribution in [0.2, 0.25) is 0 Å². The average Bonchev–Trinajstić information content (AvgIpc) is 2.93. The Labute approximate surface area is 137 Å². The van der Waals surface area contributed by atoms with Crippen molar-refractivity contribution in [2.45, 2.75) is 38.1 Å². The number of sulfonamides is 1. The molecule has 2 N–H and O–H groups in total. The molecule has 0 unspecified atom stereocenters. The van der Waals surface area contributed by atoms with Crippen molar-refractivity contribution in [3.05, 3.63) is 29.3 Å². The van der Waals surface area contributed by atoms with Crippen LogP contribution < -0.4 is 10.0 Å². The molecule has 1 aromatic carbocycles. The molecule has 1 atom stereocenters. The van der Waals surface area contributed by atoms with Gasteiger partial charge in [-0.2, -0.15) is 0 Å². The van der Waals surface area contributed by atoms with Crippen LogP contribution in [0, 0.1) is 0 Å². The van der Waals surface area contributed by atoms with Crippen LogP contribution in [0.15, 0.2) is 18.2 Å². The minimum atomic E-state index is -3.25. The molecule has 126 valence electrons. The van der Waals surface area contributed by atoms with Crippen molar-refractivity contribution in [3.8, 4) is 0 Å². The van der Waals surface area contributed by atoms with Crippen molar-refractivity contribution >= 4 is 21.7 Å². The third-order valence-electron chi connectivity index (χ3n) is 4.44. The van der Waals surface area contributed by atoms with Gasteiger partial charge in [-0.15, -0.1) is 0 Å². The normalized spacial score (nSPS) is 21.1.